The van der Waals surface area contributed by atoms with Gasteiger partial charge in [-0.15, -0.1) is 0 Å². The minimum absolute atomic E-state index is 0.297. The minimum Gasteiger partial charge on any atom is -0.388 e. The highest BCUT2D eigenvalue weighted by Gasteiger charge is 2.08. The molecule has 0 aliphatic carbocycles. The van der Waals surface area contributed by atoms with E-state index in [4.69, 9.17) is 0 Å². The maximum atomic E-state index is 11.9. The normalized spacial score (nSPS) is 11.7. The molecule has 4 N–H and O–H groups in total. The van der Waals surface area contributed by atoms with Crippen LogP contribution in [0.5, 0.6) is 0 Å². The number of aliphatic hydroxyl groups excluding tert-OH is 1. The molecule has 2 amide bonds. The van der Waals surface area contributed by atoms with Gasteiger partial charge in [0, 0.05) is 18.4 Å². The van der Waals surface area contributed by atoms with Crippen LogP contribution in [-0.2, 0) is 0 Å². The molecule has 0 saturated carbocycles. The first-order chi connectivity index (χ1) is 12.2. The molecule has 0 fully saturated rings. The predicted molar refractivity (Wildman–Crippen MR) is 97.1 cm³/mol. The highest BCUT2D eigenvalue weighted by molar-refractivity contribution is 5.89. The van der Waals surface area contributed by atoms with Crippen LogP contribution in [0, 0.1) is 0 Å². The zero-order valence-electron chi connectivity index (χ0n) is 13.6. The largest absolute Gasteiger partial charge is 0.388 e. The molecule has 0 spiro atoms. The Labute approximate surface area is 145 Å². The summed E-state index contributed by atoms with van der Waals surface area (Å²) in [7, 11) is 0. The summed E-state index contributed by atoms with van der Waals surface area (Å²) >= 11 is 0. The Kier molecular flexibility index (Phi) is 5.43. The van der Waals surface area contributed by atoms with Gasteiger partial charge in [0.15, 0.2) is 0 Å². The molecule has 3 rings (SSSR count). The van der Waals surface area contributed by atoms with Crippen molar-refractivity contribution in [1.82, 2.24) is 15.5 Å². The first kappa shape index (κ1) is 16.7. The number of anilines is 1. The summed E-state index contributed by atoms with van der Waals surface area (Å²) in [4.78, 5) is 11.9. The van der Waals surface area contributed by atoms with Crippen LogP contribution < -0.4 is 10.6 Å². The van der Waals surface area contributed by atoms with E-state index in [1.165, 1.54) is 0 Å². The molecule has 0 radical (unpaired) electrons. The Morgan fingerprint density at radius 3 is 2.52 bits per heavy atom. The van der Waals surface area contributed by atoms with Gasteiger partial charge in [-0.3, -0.25) is 5.10 Å². The van der Waals surface area contributed by atoms with Crippen LogP contribution >= 0.6 is 0 Å². The maximum Gasteiger partial charge on any atom is 0.319 e. The van der Waals surface area contributed by atoms with Crippen LogP contribution in [0.3, 0.4) is 0 Å². The second kappa shape index (κ2) is 8.12. The lowest BCUT2D eigenvalue weighted by molar-refractivity contribution is 0.167. The summed E-state index contributed by atoms with van der Waals surface area (Å²) in [5, 5.41) is 22.4. The monoisotopic (exact) mass is 336 g/mol. The topological polar surface area (TPSA) is 90.0 Å². The Bertz CT molecular complexity index is 786. The molecular formula is C19H20N4O2. The number of carbonyl (C=O) groups is 1. The van der Waals surface area contributed by atoms with Gasteiger partial charge < -0.3 is 15.7 Å². The summed E-state index contributed by atoms with van der Waals surface area (Å²) in [6.07, 6.45) is 1.56. The number of urea groups is 1. The highest BCUT2D eigenvalue weighted by Crippen LogP contribution is 2.19. The van der Waals surface area contributed by atoms with Crippen LogP contribution in [0.2, 0.25) is 0 Å². The van der Waals surface area contributed by atoms with Crippen LogP contribution in [0.15, 0.2) is 66.9 Å². The third kappa shape index (κ3) is 4.68. The summed E-state index contributed by atoms with van der Waals surface area (Å²) in [6.45, 7) is 0.383. The van der Waals surface area contributed by atoms with Crippen molar-refractivity contribution in [1.29, 1.82) is 0 Å². The second-order valence-electron chi connectivity index (χ2n) is 5.64. The minimum atomic E-state index is -0.588. The van der Waals surface area contributed by atoms with Gasteiger partial charge in [0.25, 0.3) is 0 Å². The third-order valence-electron chi connectivity index (χ3n) is 3.84. The van der Waals surface area contributed by atoms with Crippen LogP contribution in [0.1, 0.15) is 18.1 Å². The van der Waals surface area contributed by atoms with Crippen molar-refractivity contribution in [2.45, 2.75) is 12.5 Å². The average Bonchev–Trinajstić information content (AvgIpc) is 3.18. The van der Waals surface area contributed by atoms with Crippen LogP contribution in [0.25, 0.3) is 11.3 Å². The number of hydrogen-bond acceptors (Lipinski definition) is 3. The van der Waals surface area contributed by atoms with Crippen molar-refractivity contribution in [3.05, 3.63) is 72.4 Å². The maximum absolute atomic E-state index is 11.9. The summed E-state index contributed by atoms with van der Waals surface area (Å²) in [6, 6.07) is 18.4. The molecule has 6 heteroatoms. The zero-order chi connectivity index (χ0) is 17.5. The smallest absolute Gasteiger partial charge is 0.319 e. The lowest BCUT2D eigenvalue weighted by Gasteiger charge is -2.12. The van der Waals surface area contributed by atoms with Gasteiger partial charge in [-0.1, -0.05) is 42.5 Å². The highest BCUT2D eigenvalue weighted by atomic mass is 16.3. The van der Waals surface area contributed by atoms with Gasteiger partial charge in [0.05, 0.1) is 11.8 Å². The Hall–Kier alpha value is -3.12. The molecular weight excluding hydrogens is 316 g/mol. The molecule has 25 heavy (non-hydrogen) atoms. The van der Waals surface area contributed by atoms with Gasteiger partial charge >= 0.3 is 6.03 Å². The van der Waals surface area contributed by atoms with Gasteiger partial charge in [0.1, 0.15) is 0 Å². The molecule has 3 aromatic rings. The molecule has 0 aliphatic rings. The second-order valence-corrected chi connectivity index (χ2v) is 5.64. The van der Waals surface area contributed by atoms with Crippen molar-refractivity contribution in [3.63, 3.8) is 0 Å². The number of carbonyl (C=O) groups excluding carboxylic acids is 1. The van der Waals surface area contributed by atoms with E-state index in [0.717, 1.165) is 16.8 Å². The number of amides is 2. The molecule has 1 heterocycles. The molecule has 1 unspecified atom stereocenters. The van der Waals surface area contributed by atoms with E-state index < -0.39 is 6.10 Å². The standard InChI is InChI=1S/C19H20N4O2/c24-18(15-4-2-1-3-5-15)11-12-20-19(25)22-16-8-6-14(7-9-16)17-10-13-21-23-17/h1-10,13,18,24H,11-12H2,(H,21,23)(H2,20,22,25). The fourth-order valence-corrected chi connectivity index (χ4v) is 2.49. The number of aromatic nitrogens is 2. The number of rotatable bonds is 6. The lowest BCUT2D eigenvalue weighted by atomic mass is 10.1. The average molecular weight is 336 g/mol. The number of aromatic amines is 1. The van der Waals surface area contributed by atoms with Crippen LogP contribution in [-0.4, -0.2) is 27.9 Å². The van der Waals surface area contributed by atoms with E-state index in [1.54, 1.807) is 6.20 Å². The SMILES string of the molecule is O=C(NCCC(O)c1ccccc1)Nc1ccc(-c2ccn[nH]2)cc1. The van der Waals surface area contributed by atoms with Crippen LogP contribution in [0.4, 0.5) is 10.5 Å². The number of benzene rings is 2. The van der Waals surface area contributed by atoms with E-state index in [9.17, 15) is 9.90 Å². The molecule has 1 aromatic heterocycles. The molecule has 0 aliphatic heterocycles. The number of nitrogens with one attached hydrogen (secondary N) is 3. The number of H-pyrrole nitrogens is 1. The van der Waals surface area contributed by atoms with Crippen molar-refractivity contribution in [3.8, 4) is 11.3 Å². The summed E-state index contributed by atoms with van der Waals surface area (Å²) in [5.74, 6) is 0. The van der Waals surface area contributed by atoms with E-state index in [1.807, 2.05) is 60.7 Å². The molecule has 0 saturated heterocycles. The molecule has 128 valence electrons. The van der Waals surface area contributed by atoms with E-state index >= 15 is 0 Å². The first-order valence-corrected chi connectivity index (χ1v) is 8.10. The Balaban J connectivity index is 1.45. The number of aliphatic hydroxyl groups is 1. The van der Waals surface area contributed by atoms with Crippen molar-refractivity contribution in [2.75, 3.05) is 11.9 Å². The zero-order valence-corrected chi connectivity index (χ0v) is 13.6. The van der Waals surface area contributed by atoms with Gasteiger partial charge in [-0.05, 0) is 35.7 Å². The lowest BCUT2D eigenvalue weighted by Crippen LogP contribution is -2.30. The van der Waals surface area contributed by atoms with Gasteiger partial charge in [0.2, 0.25) is 0 Å². The Morgan fingerprint density at radius 2 is 1.84 bits per heavy atom. The van der Waals surface area contributed by atoms with E-state index in [2.05, 4.69) is 20.8 Å². The fourth-order valence-electron chi connectivity index (χ4n) is 2.49. The van der Waals surface area contributed by atoms with E-state index in [0.29, 0.717) is 18.7 Å². The third-order valence-corrected chi connectivity index (χ3v) is 3.84. The molecule has 0 bridgehead atoms. The summed E-state index contributed by atoms with van der Waals surface area (Å²) < 4.78 is 0. The van der Waals surface area contributed by atoms with E-state index in [-0.39, 0.29) is 6.03 Å². The first-order valence-electron chi connectivity index (χ1n) is 8.10. The van der Waals surface area contributed by atoms with Crippen molar-refractivity contribution in [2.24, 2.45) is 0 Å². The predicted octanol–water partition coefficient (Wildman–Crippen LogP) is 3.32. The van der Waals surface area contributed by atoms with Crippen molar-refractivity contribution >= 4 is 11.7 Å². The molecule has 6 nitrogen and oxygen atoms in total. The number of hydrogen-bond donors (Lipinski definition) is 4. The van der Waals surface area contributed by atoms with Gasteiger partial charge in [-0.2, -0.15) is 5.10 Å². The van der Waals surface area contributed by atoms with Gasteiger partial charge in [-0.25, -0.2) is 4.79 Å². The molecule has 1 atom stereocenters. The summed E-state index contributed by atoms with van der Waals surface area (Å²) in [5.41, 5.74) is 3.46. The number of nitrogens with zero attached hydrogens (tertiary/aromatic N) is 1. The Morgan fingerprint density at radius 1 is 1.08 bits per heavy atom. The fraction of sp³-hybridized carbons (Fsp3) is 0.158. The molecule has 2 aromatic carbocycles. The van der Waals surface area contributed by atoms with Crippen molar-refractivity contribution < 1.29 is 9.90 Å². The quantitative estimate of drug-likeness (QED) is 0.556.